The lowest BCUT2D eigenvalue weighted by atomic mass is 9.71. The van der Waals surface area contributed by atoms with Crippen LogP contribution < -0.4 is 5.32 Å². The fraction of sp³-hybridized carbons (Fsp3) is 0.655. The molecule has 1 aromatic rings. The molecule has 1 aromatic carbocycles. The fourth-order valence-electron chi connectivity index (χ4n) is 4.86. The minimum absolute atomic E-state index is 0.0793. The summed E-state index contributed by atoms with van der Waals surface area (Å²) in [6.07, 6.45) is 3.49. The van der Waals surface area contributed by atoms with Gasteiger partial charge in [-0.1, -0.05) is 80.5 Å². The van der Waals surface area contributed by atoms with Gasteiger partial charge in [-0.15, -0.1) is 0 Å². The Bertz CT molecular complexity index is 908. The van der Waals surface area contributed by atoms with Crippen molar-refractivity contribution in [2.24, 2.45) is 11.3 Å². The third kappa shape index (κ3) is 4.93. The first kappa shape index (κ1) is 24.9. The molecule has 1 atom stereocenters. The summed E-state index contributed by atoms with van der Waals surface area (Å²) in [6, 6.07) is 4.36. The predicted molar refractivity (Wildman–Crippen MR) is 135 cm³/mol. The number of benzene rings is 1. The molecule has 0 fully saturated rings. The molecule has 1 aliphatic heterocycles. The number of aromatic hydroxyl groups is 1. The number of hydrogen-bond acceptors (Lipinski definition) is 3. The summed E-state index contributed by atoms with van der Waals surface area (Å²) in [5.41, 5.74) is 5.83. The summed E-state index contributed by atoms with van der Waals surface area (Å²) >= 11 is 0. The maximum Gasteiger partial charge on any atom is 0.128 e. The first-order chi connectivity index (χ1) is 14.4. The van der Waals surface area contributed by atoms with Gasteiger partial charge in [0.25, 0.3) is 0 Å². The highest BCUT2D eigenvalue weighted by Gasteiger charge is 2.45. The van der Waals surface area contributed by atoms with E-state index in [4.69, 9.17) is 4.74 Å². The average Bonchev–Trinajstić information content (AvgIpc) is 2.60. The highest BCUT2D eigenvalue weighted by atomic mass is 16.5. The van der Waals surface area contributed by atoms with E-state index >= 15 is 0 Å². The first-order valence-corrected chi connectivity index (χ1v) is 12.1. The number of phenols is 1. The molecule has 0 saturated heterocycles. The number of hydrogen-bond donors (Lipinski definition) is 2. The number of ether oxygens (including phenoxy) is 1. The van der Waals surface area contributed by atoms with Gasteiger partial charge in [0.1, 0.15) is 17.1 Å². The first-order valence-electron chi connectivity index (χ1n) is 12.1. The fourth-order valence-corrected chi connectivity index (χ4v) is 4.86. The van der Waals surface area contributed by atoms with Crippen LogP contribution in [0.2, 0.25) is 0 Å². The van der Waals surface area contributed by atoms with Crippen molar-refractivity contribution in [1.29, 1.82) is 0 Å². The maximum absolute atomic E-state index is 11.0. The van der Waals surface area contributed by atoms with E-state index in [1.165, 1.54) is 16.7 Å². The third-order valence-electron chi connectivity index (χ3n) is 6.80. The highest BCUT2D eigenvalue weighted by Crippen LogP contribution is 2.51. The van der Waals surface area contributed by atoms with Crippen molar-refractivity contribution in [3.05, 3.63) is 51.8 Å². The lowest BCUT2D eigenvalue weighted by molar-refractivity contribution is 0.00157. The van der Waals surface area contributed by atoms with Gasteiger partial charge >= 0.3 is 0 Å². The second kappa shape index (κ2) is 7.94. The molecule has 0 amide bonds. The molecular formula is C29H45NO2. The van der Waals surface area contributed by atoms with Crippen LogP contribution >= 0.6 is 0 Å². The third-order valence-corrected chi connectivity index (χ3v) is 6.80. The van der Waals surface area contributed by atoms with Crippen LogP contribution in [0.25, 0.3) is 0 Å². The van der Waals surface area contributed by atoms with Crippen LogP contribution in [-0.4, -0.2) is 17.3 Å². The van der Waals surface area contributed by atoms with E-state index in [1.54, 1.807) is 0 Å². The van der Waals surface area contributed by atoms with E-state index in [9.17, 15) is 5.11 Å². The summed E-state index contributed by atoms with van der Waals surface area (Å²) in [5.74, 6) is 2.06. The number of nitrogens with one attached hydrogen (secondary N) is 1. The van der Waals surface area contributed by atoms with Crippen LogP contribution in [0.15, 0.2) is 35.1 Å². The van der Waals surface area contributed by atoms with E-state index < -0.39 is 0 Å². The van der Waals surface area contributed by atoms with Crippen LogP contribution in [0.1, 0.15) is 99.3 Å². The second-order valence-corrected chi connectivity index (χ2v) is 13.4. The van der Waals surface area contributed by atoms with E-state index in [2.05, 4.69) is 99.7 Å². The average molecular weight is 440 g/mol. The SMILES string of the molecule is CC(C)(C)C1=CC(CNCc2cc(C(C)(C)C)c(O)c(C(C)(C)C)c2)CC2=C1OC2(C)C. The Hall–Kier alpha value is -1.74. The minimum atomic E-state index is -0.140. The molecule has 0 spiro atoms. The van der Waals surface area contributed by atoms with E-state index in [0.29, 0.717) is 11.7 Å². The quantitative estimate of drug-likeness (QED) is 0.524. The molecule has 0 radical (unpaired) electrons. The van der Waals surface area contributed by atoms with Crippen molar-refractivity contribution in [2.75, 3.05) is 6.54 Å². The molecule has 1 unspecified atom stereocenters. The van der Waals surface area contributed by atoms with E-state index in [0.717, 1.165) is 36.4 Å². The van der Waals surface area contributed by atoms with Crippen LogP contribution in [0, 0.1) is 11.3 Å². The van der Waals surface area contributed by atoms with Gasteiger partial charge in [0.15, 0.2) is 0 Å². The molecule has 1 aliphatic carbocycles. The van der Waals surface area contributed by atoms with Crippen LogP contribution in [0.4, 0.5) is 0 Å². The summed E-state index contributed by atoms with van der Waals surface area (Å²) in [7, 11) is 0. The summed E-state index contributed by atoms with van der Waals surface area (Å²) in [6.45, 7) is 25.9. The molecule has 1 heterocycles. The molecule has 178 valence electrons. The van der Waals surface area contributed by atoms with Crippen molar-refractivity contribution in [2.45, 2.75) is 106 Å². The normalized spacial score (nSPS) is 21.0. The van der Waals surface area contributed by atoms with Crippen LogP contribution in [-0.2, 0) is 22.1 Å². The molecule has 3 nitrogen and oxygen atoms in total. The van der Waals surface area contributed by atoms with Gasteiger partial charge in [0, 0.05) is 18.7 Å². The molecule has 32 heavy (non-hydrogen) atoms. The number of allylic oxidation sites excluding steroid dienone is 1. The van der Waals surface area contributed by atoms with Gasteiger partial charge < -0.3 is 15.2 Å². The molecule has 3 rings (SSSR count). The summed E-state index contributed by atoms with van der Waals surface area (Å²) in [5, 5.41) is 14.7. The minimum Gasteiger partial charge on any atom is -0.507 e. The van der Waals surface area contributed by atoms with Crippen molar-refractivity contribution in [3.8, 4) is 5.75 Å². The van der Waals surface area contributed by atoms with Crippen molar-refractivity contribution < 1.29 is 9.84 Å². The Morgan fingerprint density at radius 1 is 0.938 bits per heavy atom. The van der Waals surface area contributed by atoms with Crippen molar-refractivity contribution in [1.82, 2.24) is 5.32 Å². The lowest BCUT2D eigenvalue weighted by Gasteiger charge is -2.48. The number of rotatable bonds is 4. The van der Waals surface area contributed by atoms with E-state index in [1.807, 2.05) is 0 Å². The van der Waals surface area contributed by atoms with Crippen LogP contribution in [0.3, 0.4) is 0 Å². The molecule has 0 aromatic heterocycles. The molecule has 0 saturated carbocycles. The van der Waals surface area contributed by atoms with Gasteiger partial charge in [-0.2, -0.15) is 0 Å². The smallest absolute Gasteiger partial charge is 0.128 e. The van der Waals surface area contributed by atoms with Gasteiger partial charge in [-0.05, 0) is 64.7 Å². The maximum atomic E-state index is 11.0. The molecule has 0 bridgehead atoms. The van der Waals surface area contributed by atoms with Gasteiger partial charge in [0.05, 0.1) is 0 Å². The molecule has 2 aliphatic rings. The monoisotopic (exact) mass is 439 g/mol. The van der Waals surface area contributed by atoms with Gasteiger partial charge in [-0.25, -0.2) is 0 Å². The Balaban J connectivity index is 1.79. The largest absolute Gasteiger partial charge is 0.507 e. The predicted octanol–water partition coefficient (Wildman–Crippen LogP) is 7.13. The zero-order valence-electron chi connectivity index (χ0n) is 22.3. The van der Waals surface area contributed by atoms with Crippen LogP contribution in [0.5, 0.6) is 5.75 Å². The summed E-state index contributed by atoms with van der Waals surface area (Å²) in [4.78, 5) is 0. The number of phenolic OH excluding ortho intramolecular Hbond substituents is 1. The Kier molecular flexibility index (Phi) is 6.17. The van der Waals surface area contributed by atoms with E-state index in [-0.39, 0.29) is 21.8 Å². The van der Waals surface area contributed by atoms with Crippen molar-refractivity contribution >= 4 is 0 Å². The Morgan fingerprint density at radius 2 is 1.47 bits per heavy atom. The standard InChI is InChI=1S/C29H45NO2/c1-26(2,3)20-12-18(13-21(24(20)31)27(4,5)6)16-30-17-19-14-22(28(7,8)9)25-23(15-19)29(10,11)32-25/h12-14,19,30-31H,15-17H2,1-11H3. The van der Waals surface area contributed by atoms with Crippen molar-refractivity contribution in [3.63, 3.8) is 0 Å². The highest BCUT2D eigenvalue weighted by molar-refractivity contribution is 5.50. The topological polar surface area (TPSA) is 41.5 Å². The lowest BCUT2D eigenvalue weighted by Crippen LogP contribution is -2.43. The zero-order chi connectivity index (χ0) is 24.3. The van der Waals surface area contributed by atoms with Gasteiger partial charge in [-0.3, -0.25) is 0 Å². The second-order valence-electron chi connectivity index (χ2n) is 13.4. The zero-order valence-corrected chi connectivity index (χ0v) is 22.3. The van der Waals surface area contributed by atoms with Gasteiger partial charge in [0.2, 0.25) is 0 Å². The molecule has 2 N–H and O–H groups in total. The molecule has 3 heteroatoms. The Labute approximate surface area is 196 Å². The summed E-state index contributed by atoms with van der Waals surface area (Å²) < 4.78 is 6.16. The Morgan fingerprint density at radius 3 is 1.91 bits per heavy atom. The molecular weight excluding hydrogens is 394 g/mol.